The number of ether oxygens (including phenoxy) is 1. The van der Waals surface area contributed by atoms with E-state index in [1.54, 1.807) is 29.6 Å². The Morgan fingerprint density at radius 1 is 1.03 bits per heavy atom. The van der Waals surface area contributed by atoms with E-state index >= 15 is 0 Å². The average molecular weight is 441 g/mol. The first kappa shape index (κ1) is 22.6. The third-order valence-electron chi connectivity index (χ3n) is 4.79. The normalized spacial score (nSPS) is 13.2. The van der Waals surface area contributed by atoms with Crippen LogP contribution in [0.4, 0.5) is 5.69 Å². The number of aliphatic hydroxyl groups excluding tert-OH is 1. The number of benzene rings is 1. The minimum Gasteiger partial charge on any atom is -0.485 e. The van der Waals surface area contributed by atoms with Crippen molar-refractivity contribution in [1.82, 2.24) is 0 Å². The van der Waals surface area contributed by atoms with E-state index in [2.05, 4.69) is 0 Å². The van der Waals surface area contributed by atoms with Gasteiger partial charge in [-0.05, 0) is 42.0 Å². The molecule has 1 aliphatic rings. The number of aliphatic hydroxyl groups is 1. The van der Waals surface area contributed by atoms with Crippen LogP contribution in [0.1, 0.15) is 15.3 Å². The van der Waals surface area contributed by atoms with Gasteiger partial charge < -0.3 is 14.7 Å². The second kappa shape index (κ2) is 10.8. The fourth-order valence-electron chi connectivity index (χ4n) is 3.05. The van der Waals surface area contributed by atoms with E-state index in [1.165, 1.54) is 0 Å². The van der Waals surface area contributed by atoms with Gasteiger partial charge in [-0.2, -0.15) is 15.8 Å². The molecule has 0 fully saturated rings. The molecule has 0 saturated heterocycles. The van der Waals surface area contributed by atoms with E-state index in [9.17, 15) is 5.26 Å². The molecule has 1 aromatic heterocycles. The van der Waals surface area contributed by atoms with E-state index < -0.39 is 0 Å². The van der Waals surface area contributed by atoms with Gasteiger partial charge in [0.2, 0.25) is 0 Å². The predicted molar refractivity (Wildman–Crippen MR) is 126 cm³/mol. The van der Waals surface area contributed by atoms with Gasteiger partial charge in [-0.1, -0.05) is 24.3 Å². The number of nitrogens with zero attached hydrogens (tertiary/aromatic N) is 4. The van der Waals surface area contributed by atoms with Crippen molar-refractivity contribution in [1.29, 1.82) is 15.8 Å². The van der Waals surface area contributed by atoms with Crippen molar-refractivity contribution >= 4 is 35.3 Å². The lowest BCUT2D eigenvalue weighted by atomic mass is 10.1. The summed E-state index contributed by atoms with van der Waals surface area (Å²) in [6, 6.07) is 17.7. The first-order chi connectivity index (χ1) is 15.6. The summed E-state index contributed by atoms with van der Waals surface area (Å²) in [6.07, 6.45) is 7.77. The molecule has 32 heavy (non-hydrogen) atoms. The van der Waals surface area contributed by atoms with Crippen LogP contribution < -0.4 is 4.90 Å². The molecule has 0 spiro atoms. The van der Waals surface area contributed by atoms with Crippen molar-refractivity contribution in [3.05, 3.63) is 80.3 Å². The number of allylic oxidation sites excluding steroid dienone is 2. The van der Waals surface area contributed by atoms with E-state index in [4.69, 9.17) is 20.4 Å². The fraction of sp³-hybridized carbons (Fsp3) is 0.160. The van der Waals surface area contributed by atoms with Gasteiger partial charge in [-0.3, -0.25) is 0 Å². The number of anilines is 1. The minimum atomic E-state index is -0.193. The molecule has 0 aliphatic carbocycles. The van der Waals surface area contributed by atoms with Crippen molar-refractivity contribution in [2.75, 3.05) is 31.7 Å². The van der Waals surface area contributed by atoms with Crippen molar-refractivity contribution in [2.24, 2.45) is 0 Å². The van der Waals surface area contributed by atoms with Gasteiger partial charge in [0.1, 0.15) is 30.4 Å². The highest BCUT2D eigenvalue weighted by Crippen LogP contribution is 2.29. The second-order valence-electron chi connectivity index (χ2n) is 6.87. The van der Waals surface area contributed by atoms with E-state index in [-0.39, 0.29) is 30.1 Å². The highest BCUT2D eigenvalue weighted by molar-refractivity contribution is 7.13. The molecular weight excluding hydrogens is 420 g/mol. The monoisotopic (exact) mass is 440 g/mol. The Morgan fingerprint density at radius 2 is 1.69 bits per heavy atom. The first-order valence-corrected chi connectivity index (χ1v) is 10.6. The lowest BCUT2D eigenvalue weighted by Crippen LogP contribution is -2.20. The Kier molecular flexibility index (Phi) is 7.62. The maximum Gasteiger partial charge on any atom is 0.172 e. The smallest absolute Gasteiger partial charge is 0.172 e. The molecule has 0 atom stereocenters. The molecule has 6 nitrogen and oxygen atoms in total. The molecule has 7 heteroatoms. The number of thiophene rings is 1. The zero-order chi connectivity index (χ0) is 22.9. The van der Waals surface area contributed by atoms with Gasteiger partial charge >= 0.3 is 0 Å². The van der Waals surface area contributed by atoms with Crippen molar-refractivity contribution in [2.45, 2.75) is 0 Å². The van der Waals surface area contributed by atoms with E-state index in [0.29, 0.717) is 12.1 Å². The van der Waals surface area contributed by atoms with Crippen LogP contribution in [-0.4, -0.2) is 31.9 Å². The lowest BCUT2D eigenvalue weighted by molar-refractivity contribution is 0.272. The molecule has 1 N–H and O–H groups in total. The Balaban J connectivity index is 1.70. The Hall–Kier alpha value is -4.09. The molecule has 1 aromatic carbocycles. The zero-order valence-electron chi connectivity index (χ0n) is 17.4. The third-order valence-corrected chi connectivity index (χ3v) is 5.80. The Bertz CT molecular complexity index is 1210. The molecule has 2 heterocycles. The summed E-state index contributed by atoms with van der Waals surface area (Å²) >= 11 is 1.60. The van der Waals surface area contributed by atoms with Crippen LogP contribution in [0.15, 0.2) is 65.0 Å². The Labute approximate surface area is 191 Å². The molecule has 0 bridgehead atoms. The van der Waals surface area contributed by atoms with Gasteiger partial charge in [0, 0.05) is 34.6 Å². The van der Waals surface area contributed by atoms with Crippen LogP contribution in [0, 0.1) is 34.0 Å². The van der Waals surface area contributed by atoms with Crippen LogP contribution in [0.25, 0.3) is 18.2 Å². The summed E-state index contributed by atoms with van der Waals surface area (Å²) in [5.74, 6) is 0.0560. The van der Waals surface area contributed by atoms with Crippen molar-refractivity contribution < 1.29 is 9.84 Å². The van der Waals surface area contributed by atoms with Gasteiger partial charge in [-0.25, -0.2) is 0 Å². The largest absolute Gasteiger partial charge is 0.485 e. The lowest BCUT2D eigenvalue weighted by Gasteiger charge is -2.17. The molecule has 0 radical (unpaired) electrons. The molecule has 0 amide bonds. The summed E-state index contributed by atoms with van der Waals surface area (Å²) in [6.45, 7) is 0.867. The second-order valence-corrected chi connectivity index (χ2v) is 8.02. The van der Waals surface area contributed by atoms with Crippen molar-refractivity contribution in [3.63, 3.8) is 0 Å². The summed E-state index contributed by atoms with van der Waals surface area (Å²) in [7, 11) is 1.94. The molecule has 2 aromatic rings. The molecule has 3 rings (SSSR count). The molecular formula is C25H20N4O2S. The van der Waals surface area contributed by atoms with Crippen LogP contribution in [0.2, 0.25) is 0 Å². The number of hydrogen-bond donors (Lipinski definition) is 1. The summed E-state index contributed by atoms with van der Waals surface area (Å²) in [5, 5.41) is 36.5. The molecule has 1 aliphatic heterocycles. The van der Waals surface area contributed by atoms with E-state index in [0.717, 1.165) is 21.0 Å². The van der Waals surface area contributed by atoms with Gasteiger partial charge in [0.15, 0.2) is 11.3 Å². The quantitative estimate of drug-likeness (QED) is 0.635. The highest BCUT2D eigenvalue weighted by atomic mass is 32.1. The third kappa shape index (κ3) is 5.33. The topological polar surface area (TPSA) is 104 Å². The SMILES string of the molecule is CN(CCO)c1ccc(/C=C/c2ccc(/C=C/C3=C(C#N)C(=C(C#N)C#N)OC3)s2)cc1. The van der Waals surface area contributed by atoms with E-state index in [1.807, 2.05) is 72.6 Å². The van der Waals surface area contributed by atoms with Crippen LogP contribution in [0.5, 0.6) is 0 Å². The standard InChI is InChI=1S/C25H20N4O2S/c1-29(12-13-30)21-6-2-18(3-7-21)4-8-22-10-11-23(32-22)9-5-19-17-31-25(24(19)16-28)20(14-26)15-27/h2-11,30H,12-13,17H2,1H3/b8-4+,9-5+. The van der Waals surface area contributed by atoms with Crippen molar-refractivity contribution in [3.8, 4) is 18.2 Å². The number of rotatable bonds is 7. The average Bonchev–Trinajstić information content (AvgIpc) is 3.44. The maximum absolute atomic E-state index is 9.41. The first-order valence-electron chi connectivity index (χ1n) is 9.78. The number of nitriles is 3. The van der Waals surface area contributed by atoms with Crippen LogP contribution in [0.3, 0.4) is 0 Å². The molecule has 0 saturated carbocycles. The highest BCUT2D eigenvalue weighted by Gasteiger charge is 2.23. The summed E-state index contributed by atoms with van der Waals surface area (Å²) in [5.41, 5.74) is 2.80. The van der Waals surface area contributed by atoms with Gasteiger partial charge in [0.05, 0.1) is 6.61 Å². The summed E-state index contributed by atoms with van der Waals surface area (Å²) in [4.78, 5) is 4.09. The number of likely N-dealkylation sites (N-methyl/N-ethyl adjacent to an activating group) is 1. The molecule has 158 valence electrons. The zero-order valence-corrected chi connectivity index (χ0v) is 18.3. The minimum absolute atomic E-state index is 0.0560. The maximum atomic E-state index is 9.41. The molecule has 0 unspecified atom stereocenters. The van der Waals surface area contributed by atoms with Gasteiger partial charge in [0.25, 0.3) is 0 Å². The van der Waals surface area contributed by atoms with Crippen LogP contribution >= 0.6 is 11.3 Å². The van der Waals surface area contributed by atoms with Crippen LogP contribution in [-0.2, 0) is 4.74 Å². The Morgan fingerprint density at radius 3 is 2.28 bits per heavy atom. The number of hydrogen-bond acceptors (Lipinski definition) is 7. The van der Waals surface area contributed by atoms with Gasteiger partial charge in [-0.15, -0.1) is 11.3 Å². The fourth-order valence-corrected chi connectivity index (χ4v) is 3.86. The predicted octanol–water partition coefficient (Wildman–Crippen LogP) is 4.51. The summed E-state index contributed by atoms with van der Waals surface area (Å²) < 4.78 is 5.39.